The number of aliphatic hydroxyl groups excluding tert-OH is 2. The Hall–Kier alpha value is -4.92. The largest absolute Gasteiger partial charge is 0.464 e. The molecule has 78 heavy (non-hydrogen) atoms. The number of ether oxygens (including phenoxy) is 4. The van der Waals surface area contributed by atoms with Crippen molar-refractivity contribution in [2.45, 2.75) is 171 Å². The number of alkyl carbamates (subject to hydrolysis) is 1. The minimum Gasteiger partial charge on any atom is -0.464 e. The van der Waals surface area contributed by atoms with Crippen molar-refractivity contribution in [3.63, 3.8) is 0 Å². The number of unbranched alkanes of at least 4 members (excludes halogenated alkanes) is 1. The zero-order chi connectivity index (χ0) is 56.0. The van der Waals surface area contributed by atoms with Gasteiger partial charge < -0.3 is 59.9 Å². The molecule has 0 radical (unpaired) electrons. The van der Waals surface area contributed by atoms with Gasteiger partial charge in [-0.15, -0.1) is 0 Å². The number of para-hydroxylation sites is 1. The lowest BCUT2D eigenvalue weighted by Gasteiger charge is -2.63. The smallest absolute Gasteiger partial charge is 0.407 e. The average Bonchev–Trinajstić information content (AvgIpc) is 3.45. The number of aromatic amines is 1. The zero-order valence-electron chi connectivity index (χ0n) is 47.2. The lowest BCUT2D eigenvalue weighted by atomic mass is 9.47. The van der Waals surface area contributed by atoms with Crippen LogP contribution in [0.2, 0.25) is 0 Å². The summed E-state index contributed by atoms with van der Waals surface area (Å²) in [6.45, 7) is 15.4. The summed E-state index contributed by atoms with van der Waals surface area (Å²) in [6, 6.07) is 11.3. The van der Waals surface area contributed by atoms with Crippen molar-refractivity contribution in [3.05, 3.63) is 76.5 Å². The maximum atomic E-state index is 15.2. The molecule has 18 nitrogen and oxygen atoms in total. The molecule has 3 aromatic rings. The van der Waals surface area contributed by atoms with Crippen LogP contribution in [0.25, 0.3) is 10.9 Å². The van der Waals surface area contributed by atoms with E-state index in [1.807, 2.05) is 14.0 Å². The predicted molar refractivity (Wildman–Crippen MR) is 295 cm³/mol. The Labute approximate surface area is 459 Å². The van der Waals surface area contributed by atoms with E-state index in [2.05, 4.69) is 107 Å². The Morgan fingerprint density at radius 1 is 0.974 bits per heavy atom. The first-order valence-electron chi connectivity index (χ1n) is 28.7. The summed E-state index contributed by atoms with van der Waals surface area (Å²) in [5.74, 6) is -1.38. The van der Waals surface area contributed by atoms with E-state index in [0.29, 0.717) is 45.2 Å². The molecule has 2 amide bonds. The van der Waals surface area contributed by atoms with Gasteiger partial charge >= 0.3 is 12.1 Å². The molecule has 1 aromatic heterocycles. The molecule has 428 valence electrons. The quantitative estimate of drug-likeness (QED) is 0.0320. The number of methoxy groups -OCH3 is 1. The van der Waals surface area contributed by atoms with Gasteiger partial charge in [-0.05, 0) is 125 Å². The first-order valence-corrected chi connectivity index (χ1v) is 28.7. The molecule has 1 saturated carbocycles. The molecular weight excluding hydrogens is 997 g/mol. The number of ketones is 1. The number of hydrogen-bond acceptors (Lipinski definition) is 15. The molecule has 5 aliphatic heterocycles. The molecule has 9 rings (SSSR count). The fraction of sp³-hybridized carbons (Fsp3) is 0.667. The van der Waals surface area contributed by atoms with Crippen molar-refractivity contribution in [1.82, 2.24) is 25.4 Å². The van der Waals surface area contributed by atoms with E-state index in [0.717, 1.165) is 61.2 Å². The van der Waals surface area contributed by atoms with Gasteiger partial charge in [0.05, 0.1) is 31.0 Å². The molecule has 1 aliphatic carbocycles. The number of esters is 1. The van der Waals surface area contributed by atoms with Gasteiger partial charge in [-0.3, -0.25) is 19.4 Å². The number of piperidine rings is 1. The number of rotatable bonds is 21. The summed E-state index contributed by atoms with van der Waals surface area (Å²) in [7, 11) is 3.37. The van der Waals surface area contributed by atoms with Crippen molar-refractivity contribution in [3.8, 4) is 0 Å². The molecule has 3 fully saturated rings. The standard InChI is InChI=1S/C60H86N6O12/c1-9-40(34-67)78-49(75-8)35-77-55(72)61-24-20-48(69)62-38(5)51(70)76-28-15-14-19-47(68)60(74)53-59(23-27-66-25-16-22-58(11-3,52(59)66)54(60)71)44-30-43(37(4)29-46(44)64(53)7)56(6)31-39-32-57(73,10-2)36-65(33-39)26-21-42-41-17-12-13-18-45(41)63-50(42)56/h12-13,16-18,22,29-30,38-40,49,52-54,63,67,71,73-74H,9-11,14-15,19-21,23-28,31-36H2,1-8H3,(H,61,72)(H,62,69)/t38?,39?,40?,49?,52?,53?,54-,56-,57?,58-,59?,60+/m1/s1. The minimum atomic E-state index is -2.17. The van der Waals surface area contributed by atoms with Crippen molar-refractivity contribution in [2.24, 2.45) is 11.3 Å². The third-order valence-corrected chi connectivity index (χ3v) is 19.2. The van der Waals surface area contributed by atoms with Crippen LogP contribution in [0.1, 0.15) is 127 Å². The van der Waals surface area contributed by atoms with Gasteiger partial charge in [0.2, 0.25) is 5.91 Å². The number of nitrogens with one attached hydrogen (secondary N) is 3. The number of nitrogens with zero attached hydrogens (tertiary/aromatic N) is 3. The van der Waals surface area contributed by atoms with E-state index < -0.39 is 81.8 Å². The molecular formula is C60H86N6O12. The molecule has 2 aromatic carbocycles. The van der Waals surface area contributed by atoms with Gasteiger partial charge in [-0.25, -0.2) is 9.59 Å². The van der Waals surface area contributed by atoms with Gasteiger partial charge in [0, 0.05) is 104 Å². The zero-order valence-corrected chi connectivity index (χ0v) is 47.2. The van der Waals surface area contributed by atoms with Crippen molar-refractivity contribution in [2.75, 3.05) is 78.1 Å². The van der Waals surface area contributed by atoms with E-state index in [1.165, 1.54) is 36.2 Å². The predicted octanol–water partition coefficient (Wildman–Crippen LogP) is 5.06. The summed E-state index contributed by atoms with van der Waals surface area (Å²) in [6.07, 6.45) is 5.85. The molecule has 7 N–H and O–H groups in total. The van der Waals surface area contributed by atoms with Crippen LogP contribution in [0.4, 0.5) is 10.5 Å². The van der Waals surface area contributed by atoms with Gasteiger partial charge in [0.25, 0.3) is 0 Å². The number of H-pyrrole nitrogens is 1. The summed E-state index contributed by atoms with van der Waals surface area (Å²) in [5, 5.41) is 54.2. The van der Waals surface area contributed by atoms with Crippen molar-refractivity contribution in [1.29, 1.82) is 0 Å². The third-order valence-electron chi connectivity index (χ3n) is 19.2. The molecule has 6 aliphatic rings. The van der Waals surface area contributed by atoms with Crippen LogP contribution in [-0.4, -0.2) is 180 Å². The van der Waals surface area contributed by atoms with Crippen LogP contribution in [-0.2, 0) is 50.6 Å². The van der Waals surface area contributed by atoms with Crippen molar-refractivity contribution >= 4 is 40.3 Å². The van der Waals surface area contributed by atoms with Gasteiger partial charge in [-0.2, -0.15) is 0 Å². The number of fused-ring (bicyclic) bond motifs is 6. The average molecular weight is 1080 g/mol. The second-order valence-corrected chi connectivity index (χ2v) is 23.8. The minimum absolute atomic E-state index is 0.0307. The van der Waals surface area contributed by atoms with Crippen LogP contribution in [0.15, 0.2) is 48.6 Å². The fourth-order valence-electron chi connectivity index (χ4n) is 15.5. The van der Waals surface area contributed by atoms with Crippen LogP contribution in [0.5, 0.6) is 0 Å². The number of hydrogen-bond donors (Lipinski definition) is 7. The maximum Gasteiger partial charge on any atom is 0.407 e. The SMILES string of the molecule is CCC(CO)OC(COC(=O)NCCC(=O)NC(C)C(=O)OCCCCC(=O)[C@]1(O)C2N(C)c3cc(C)c([C@@]4(C)CC5CN(CCc6c4[nH]c4ccccc64)CC(O)(CC)C5)cc3C23CCN2CC=C[C@](CC)(C23)[C@H]1O)OC. The number of aromatic nitrogens is 1. The number of aliphatic hydroxyl groups is 4. The van der Waals surface area contributed by atoms with Crippen LogP contribution in [0.3, 0.4) is 0 Å². The second kappa shape index (κ2) is 22.9. The molecule has 6 heterocycles. The lowest BCUT2D eigenvalue weighted by Crippen LogP contribution is -2.80. The van der Waals surface area contributed by atoms with E-state index in [4.69, 9.17) is 18.9 Å². The third kappa shape index (κ3) is 10.1. The Balaban J connectivity index is 0.915. The van der Waals surface area contributed by atoms with Crippen LogP contribution < -0.4 is 15.5 Å². The van der Waals surface area contributed by atoms with E-state index in [-0.39, 0.29) is 57.6 Å². The number of likely N-dealkylation sites (N-methyl/N-ethyl adjacent to an activating group) is 1. The first kappa shape index (κ1) is 57.8. The number of Topliss-reactive ketones (excluding diaryl/α,β-unsaturated/α-hetero) is 1. The Kier molecular flexibility index (Phi) is 17.0. The van der Waals surface area contributed by atoms with E-state index in [1.54, 1.807) is 0 Å². The molecule has 2 saturated heterocycles. The maximum absolute atomic E-state index is 15.2. The van der Waals surface area contributed by atoms with Gasteiger partial charge in [0.15, 0.2) is 17.7 Å². The number of amides is 2. The van der Waals surface area contributed by atoms with Crippen molar-refractivity contribution < 1.29 is 58.6 Å². The number of carbonyl (C=O) groups is 4. The highest BCUT2D eigenvalue weighted by atomic mass is 16.7. The second-order valence-electron chi connectivity index (χ2n) is 23.8. The molecule has 2 bridgehead atoms. The van der Waals surface area contributed by atoms with E-state index in [9.17, 15) is 34.8 Å². The fourth-order valence-corrected chi connectivity index (χ4v) is 15.5. The topological polar surface area (TPSA) is 236 Å². The van der Waals surface area contributed by atoms with Crippen LogP contribution >= 0.6 is 0 Å². The number of anilines is 1. The molecule has 18 heteroatoms. The Morgan fingerprint density at radius 2 is 1.76 bits per heavy atom. The Morgan fingerprint density at radius 3 is 2.49 bits per heavy atom. The summed E-state index contributed by atoms with van der Waals surface area (Å²) in [4.78, 5) is 64.1. The molecule has 13 atom stereocenters. The summed E-state index contributed by atoms with van der Waals surface area (Å²) >= 11 is 0. The first-order chi connectivity index (χ1) is 37.3. The summed E-state index contributed by atoms with van der Waals surface area (Å²) < 4.78 is 21.3. The highest BCUT2D eigenvalue weighted by Gasteiger charge is 2.78. The normalized spacial score (nSPS) is 32.1. The highest BCUT2D eigenvalue weighted by molar-refractivity contribution is 5.92. The van der Waals surface area contributed by atoms with Crippen LogP contribution in [0, 0.1) is 18.3 Å². The van der Waals surface area contributed by atoms with E-state index >= 15 is 4.79 Å². The Bertz CT molecular complexity index is 2730. The number of aryl methyl sites for hydroxylation is 1. The lowest BCUT2D eigenvalue weighted by molar-refractivity contribution is -0.202. The molecule has 9 unspecified atom stereocenters. The number of carbonyl (C=O) groups excluding carboxylic acids is 4. The number of benzene rings is 2. The monoisotopic (exact) mass is 1080 g/mol. The highest BCUT2D eigenvalue weighted by Crippen LogP contribution is 2.67. The summed E-state index contributed by atoms with van der Waals surface area (Å²) in [5.41, 5.74) is 2.89. The molecule has 1 spiro atoms. The van der Waals surface area contributed by atoms with Gasteiger partial charge in [0.1, 0.15) is 18.8 Å². The van der Waals surface area contributed by atoms with Gasteiger partial charge in [-0.1, -0.05) is 57.2 Å².